The van der Waals surface area contributed by atoms with Crippen LogP contribution < -0.4 is 10.1 Å². The summed E-state index contributed by atoms with van der Waals surface area (Å²) in [5, 5.41) is 2.84. The highest BCUT2D eigenvalue weighted by Gasteiger charge is 2.15. The summed E-state index contributed by atoms with van der Waals surface area (Å²) in [4.78, 5) is 12.1. The molecule has 1 atom stereocenters. The topological polar surface area (TPSA) is 38.3 Å². The van der Waals surface area contributed by atoms with Crippen LogP contribution in [0.5, 0.6) is 5.75 Å². The van der Waals surface area contributed by atoms with Gasteiger partial charge in [-0.05, 0) is 62.2 Å². The van der Waals surface area contributed by atoms with Crippen molar-refractivity contribution in [1.82, 2.24) is 0 Å². The lowest BCUT2D eigenvalue weighted by Crippen LogP contribution is -2.30. The van der Waals surface area contributed by atoms with Crippen molar-refractivity contribution in [3.05, 3.63) is 58.1 Å². The molecule has 0 aliphatic rings. The summed E-state index contributed by atoms with van der Waals surface area (Å²) in [6.07, 6.45) is -0.565. The second kappa shape index (κ2) is 6.76. The molecule has 2 rings (SSSR count). The Balaban J connectivity index is 2.02. The van der Waals surface area contributed by atoms with E-state index in [1.165, 1.54) is 0 Å². The minimum Gasteiger partial charge on any atom is -0.481 e. The predicted molar refractivity (Wildman–Crippen MR) is 88.8 cm³/mol. The Kier molecular flexibility index (Phi) is 5.02. The van der Waals surface area contributed by atoms with Crippen LogP contribution in [0.2, 0.25) is 0 Å². The summed E-state index contributed by atoms with van der Waals surface area (Å²) in [6.45, 7) is 5.75. The molecule has 110 valence electrons. The van der Waals surface area contributed by atoms with Crippen molar-refractivity contribution >= 4 is 27.5 Å². The van der Waals surface area contributed by atoms with E-state index in [1.807, 2.05) is 50.2 Å². The van der Waals surface area contributed by atoms with Gasteiger partial charge in [-0.2, -0.15) is 0 Å². The van der Waals surface area contributed by atoms with E-state index in [1.54, 1.807) is 6.92 Å². The maximum absolute atomic E-state index is 12.1. The number of anilines is 1. The van der Waals surface area contributed by atoms with Crippen LogP contribution in [0.15, 0.2) is 46.9 Å². The second-order valence-corrected chi connectivity index (χ2v) is 6.00. The molecule has 0 aromatic heterocycles. The zero-order valence-electron chi connectivity index (χ0n) is 12.3. The summed E-state index contributed by atoms with van der Waals surface area (Å²) in [5.74, 6) is 0.539. The standard InChI is InChI=1S/C17H18BrNO2/c1-11-7-12(2)9-16(8-11)21-13(3)17(20)19-15-6-4-5-14(18)10-15/h4-10,13H,1-3H3,(H,19,20)/t13-/m0/s1. The van der Waals surface area contributed by atoms with Crippen molar-refractivity contribution < 1.29 is 9.53 Å². The fourth-order valence-electron chi connectivity index (χ4n) is 2.07. The zero-order valence-corrected chi connectivity index (χ0v) is 13.9. The Morgan fingerprint density at radius 2 is 1.81 bits per heavy atom. The van der Waals surface area contributed by atoms with E-state index in [0.717, 1.165) is 21.3 Å². The highest BCUT2D eigenvalue weighted by atomic mass is 79.9. The van der Waals surface area contributed by atoms with Gasteiger partial charge in [0.2, 0.25) is 0 Å². The molecular weight excluding hydrogens is 330 g/mol. The van der Waals surface area contributed by atoms with Crippen LogP contribution in [-0.4, -0.2) is 12.0 Å². The number of carbonyl (C=O) groups excluding carboxylic acids is 1. The lowest BCUT2D eigenvalue weighted by Gasteiger charge is -2.15. The maximum atomic E-state index is 12.1. The molecule has 0 unspecified atom stereocenters. The van der Waals surface area contributed by atoms with E-state index in [4.69, 9.17) is 4.74 Å². The van der Waals surface area contributed by atoms with Crippen LogP contribution in [0.25, 0.3) is 0 Å². The molecule has 4 heteroatoms. The Morgan fingerprint density at radius 3 is 2.43 bits per heavy atom. The molecule has 0 bridgehead atoms. The van der Waals surface area contributed by atoms with Gasteiger partial charge >= 0.3 is 0 Å². The van der Waals surface area contributed by atoms with Crippen molar-refractivity contribution in [3.63, 3.8) is 0 Å². The van der Waals surface area contributed by atoms with E-state index >= 15 is 0 Å². The first-order valence-corrected chi connectivity index (χ1v) is 7.55. The van der Waals surface area contributed by atoms with Crippen molar-refractivity contribution in [1.29, 1.82) is 0 Å². The smallest absolute Gasteiger partial charge is 0.265 e. The van der Waals surface area contributed by atoms with Gasteiger partial charge in [-0.3, -0.25) is 4.79 Å². The quantitative estimate of drug-likeness (QED) is 0.885. The molecule has 0 saturated carbocycles. The van der Waals surface area contributed by atoms with E-state index in [-0.39, 0.29) is 5.91 Å². The van der Waals surface area contributed by atoms with Crippen LogP contribution >= 0.6 is 15.9 Å². The molecule has 21 heavy (non-hydrogen) atoms. The van der Waals surface area contributed by atoms with E-state index in [2.05, 4.69) is 27.3 Å². The van der Waals surface area contributed by atoms with Crippen LogP contribution in [-0.2, 0) is 4.79 Å². The van der Waals surface area contributed by atoms with E-state index in [9.17, 15) is 4.79 Å². The molecule has 0 saturated heterocycles. The molecule has 2 aromatic rings. The third kappa shape index (κ3) is 4.60. The molecular formula is C17H18BrNO2. The number of halogens is 1. The van der Waals surface area contributed by atoms with Crippen molar-refractivity contribution in [2.24, 2.45) is 0 Å². The van der Waals surface area contributed by atoms with Gasteiger partial charge in [0.25, 0.3) is 5.91 Å². The van der Waals surface area contributed by atoms with Gasteiger partial charge in [-0.1, -0.05) is 28.1 Å². The van der Waals surface area contributed by atoms with Gasteiger partial charge in [0.1, 0.15) is 5.75 Å². The highest BCUT2D eigenvalue weighted by molar-refractivity contribution is 9.10. The number of hydrogen-bond donors (Lipinski definition) is 1. The fraction of sp³-hybridized carbons (Fsp3) is 0.235. The van der Waals surface area contributed by atoms with Gasteiger partial charge in [-0.15, -0.1) is 0 Å². The highest BCUT2D eigenvalue weighted by Crippen LogP contribution is 2.19. The summed E-state index contributed by atoms with van der Waals surface area (Å²) < 4.78 is 6.64. The average Bonchev–Trinajstić information content (AvgIpc) is 2.37. The molecule has 0 aliphatic carbocycles. The molecule has 0 radical (unpaired) electrons. The van der Waals surface area contributed by atoms with E-state index < -0.39 is 6.10 Å². The summed E-state index contributed by atoms with van der Waals surface area (Å²) in [6, 6.07) is 13.4. The normalized spacial score (nSPS) is 11.8. The van der Waals surface area contributed by atoms with E-state index in [0.29, 0.717) is 5.75 Å². The molecule has 1 amide bonds. The van der Waals surface area contributed by atoms with Crippen molar-refractivity contribution in [2.45, 2.75) is 26.9 Å². The van der Waals surface area contributed by atoms with Gasteiger partial charge < -0.3 is 10.1 Å². The molecule has 0 fully saturated rings. The predicted octanol–water partition coefficient (Wildman–Crippen LogP) is 4.47. The SMILES string of the molecule is Cc1cc(C)cc(O[C@@H](C)C(=O)Nc2cccc(Br)c2)c1. The number of carbonyl (C=O) groups is 1. The maximum Gasteiger partial charge on any atom is 0.265 e. The van der Waals surface area contributed by atoms with Crippen LogP contribution in [0.1, 0.15) is 18.1 Å². The Bertz CT molecular complexity index is 635. The number of amides is 1. The average molecular weight is 348 g/mol. The number of rotatable bonds is 4. The Morgan fingerprint density at radius 1 is 1.14 bits per heavy atom. The van der Waals surface area contributed by atoms with Crippen LogP contribution in [0, 0.1) is 13.8 Å². The third-order valence-corrected chi connectivity index (χ3v) is 3.46. The van der Waals surface area contributed by atoms with Crippen LogP contribution in [0.4, 0.5) is 5.69 Å². The second-order valence-electron chi connectivity index (χ2n) is 5.08. The molecule has 3 nitrogen and oxygen atoms in total. The Hall–Kier alpha value is -1.81. The van der Waals surface area contributed by atoms with Crippen molar-refractivity contribution in [3.8, 4) is 5.75 Å². The summed E-state index contributed by atoms with van der Waals surface area (Å²) in [7, 11) is 0. The number of aryl methyl sites for hydroxylation is 2. The number of hydrogen-bond acceptors (Lipinski definition) is 2. The minimum atomic E-state index is -0.565. The van der Waals surface area contributed by atoms with Gasteiger partial charge in [0, 0.05) is 10.2 Å². The molecule has 0 spiro atoms. The summed E-state index contributed by atoms with van der Waals surface area (Å²) in [5.41, 5.74) is 2.97. The minimum absolute atomic E-state index is 0.174. The first-order chi connectivity index (χ1) is 9.94. The molecule has 0 heterocycles. The lowest BCUT2D eigenvalue weighted by atomic mass is 10.1. The van der Waals surface area contributed by atoms with Gasteiger partial charge in [0.15, 0.2) is 6.10 Å². The first-order valence-electron chi connectivity index (χ1n) is 6.75. The monoisotopic (exact) mass is 347 g/mol. The van der Waals surface area contributed by atoms with Crippen molar-refractivity contribution in [2.75, 3.05) is 5.32 Å². The molecule has 0 aliphatic heterocycles. The molecule has 1 N–H and O–H groups in total. The lowest BCUT2D eigenvalue weighted by molar-refractivity contribution is -0.122. The van der Waals surface area contributed by atoms with Gasteiger partial charge in [0.05, 0.1) is 0 Å². The number of benzene rings is 2. The largest absolute Gasteiger partial charge is 0.481 e. The Labute approximate surface area is 133 Å². The van der Waals surface area contributed by atoms with Crippen LogP contribution in [0.3, 0.4) is 0 Å². The fourth-order valence-corrected chi connectivity index (χ4v) is 2.47. The number of ether oxygens (including phenoxy) is 1. The third-order valence-electron chi connectivity index (χ3n) is 2.97. The number of nitrogens with one attached hydrogen (secondary N) is 1. The first kappa shape index (κ1) is 15.6. The van der Waals surface area contributed by atoms with Gasteiger partial charge in [-0.25, -0.2) is 0 Å². The summed E-state index contributed by atoms with van der Waals surface area (Å²) >= 11 is 3.38. The zero-order chi connectivity index (χ0) is 15.4. The molecule has 2 aromatic carbocycles.